The van der Waals surface area contributed by atoms with Crippen molar-refractivity contribution in [1.29, 1.82) is 0 Å². The molecular weight excluding hydrogens is 318 g/mol. The Balaban J connectivity index is 2.06. The van der Waals surface area contributed by atoms with E-state index in [0.29, 0.717) is 5.92 Å². The molecule has 0 spiro atoms. The molecule has 0 aliphatic heterocycles. The van der Waals surface area contributed by atoms with Gasteiger partial charge in [0, 0.05) is 16.7 Å². The number of halogens is 1. The summed E-state index contributed by atoms with van der Waals surface area (Å²) in [5, 5.41) is 12.3. The third-order valence-corrected chi connectivity index (χ3v) is 3.58. The molecule has 2 rings (SSSR count). The van der Waals surface area contributed by atoms with Crippen LogP contribution in [-0.4, -0.2) is 17.6 Å². The van der Waals surface area contributed by atoms with E-state index in [1.807, 2.05) is 24.3 Å². The molecule has 3 nitrogen and oxygen atoms in total. The van der Waals surface area contributed by atoms with Gasteiger partial charge in [-0.2, -0.15) is 0 Å². The number of hydrogen-bond acceptors (Lipinski definition) is 2. The first kappa shape index (κ1) is 14.6. The molecule has 2 aromatic rings. The molecule has 0 bridgehead atoms. The van der Waals surface area contributed by atoms with Crippen LogP contribution in [0, 0.1) is 0 Å². The van der Waals surface area contributed by atoms with Gasteiger partial charge >= 0.3 is 5.97 Å². The van der Waals surface area contributed by atoms with Crippen molar-refractivity contribution in [2.24, 2.45) is 0 Å². The topological polar surface area (TPSA) is 49.3 Å². The Morgan fingerprint density at radius 3 is 2.60 bits per heavy atom. The summed E-state index contributed by atoms with van der Waals surface area (Å²) in [4.78, 5) is 11.0. The van der Waals surface area contributed by atoms with Gasteiger partial charge in [-0.25, -0.2) is 4.79 Å². The minimum atomic E-state index is -0.926. The molecule has 0 saturated carbocycles. The molecule has 0 aliphatic carbocycles. The van der Waals surface area contributed by atoms with Gasteiger partial charge < -0.3 is 10.4 Å². The number of carbonyl (C=O) groups is 1. The molecule has 2 N–H and O–H groups in total. The number of anilines is 1. The normalized spacial score (nSPS) is 11.9. The van der Waals surface area contributed by atoms with Crippen molar-refractivity contribution in [1.82, 2.24) is 0 Å². The Morgan fingerprint density at radius 2 is 1.95 bits per heavy atom. The maximum Gasteiger partial charge on any atom is 0.335 e. The van der Waals surface area contributed by atoms with Gasteiger partial charge in [-0.05, 0) is 29.7 Å². The van der Waals surface area contributed by atoms with Crippen LogP contribution in [0.4, 0.5) is 5.69 Å². The van der Waals surface area contributed by atoms with Crippen LogP contribution in [0.1, 0.15) is 28.8 Å². The molecule has 0 radical (unpaired) electrons. The van der Waals surface area contributed by atoms with Gasteiger partial charge in [-0.1, -0.05) is 53.2 Å². The lowest BCUT2D eigenvalue weighted by molar-refractivity contribution is 0.0697. The summed E-state index contributed by atoms with van der Waals surface area (Å²) < 4.78 is 0.757. The van der Waals surface area contributed by atoms with Crippen LogP contribution in [0.2, 0.25) is 0 Å². The van der Waals surface area contributed by atoms with Crippen molar-refractivity contribution < 1.29 is 9.90 Å². The molecule has 2 aromatic carbocycles. The fourth-order valence-corrected chi connectivity index (χ4v) is 2.48. The molecule has 0 fully saturated rings. The predicted molar refractivity (Wildman–Crippen MR) is 84.4 cm³/mol. The number of aromatic carboxylic acids is 1. The summed E-state index contributed by atoms with van der Waals surface area (Å²) >= 11 is 3.33. The summed E-state index contributed by atoms with van der Waals surface area (Å²) in [6.07, 6.45) is 0. The Bertz CT molecular complexity index is 599. The number of carboxylic acids is 1. The molecule has 1 atom stereocenters. The van der Waals surface area contributed by atoms with Gasteiger partial charge in [0.2, 0.25) is 0 Å². The highest BCUT2D eigenvalue weighted by atomic mass is 79.9. The van der Waals surface area contributed by atoms with Gasteiger partial charge in [0.25, 0.3) is 0 Å². The Kier molecular flexibility index (Phi) is 4.79. The zero-order valence-electron chi connectivity index (χ0n) is 11.1. The van der Waals surface area contributed by atoms with E-state index >= 15 is 0 Å². The van der Waals surface area contributed by atoms with Gasteiger partial charge in [0.1, 0.15) is 0 Å². The minimum absolute atomic E-state index is 0.272. The molecule has 4 heteroatoms. The zero-order valence-corrected chi connectivity index (χ0v) is 12.7. The van der Waals surface area contributed by atoms with Crippen molar-refractivity contribution in [2.45, 2.75) is 12.8 Å². The molecule has 0 aliphatic rings. The molecular formula is C16H16BrNO2. The summed E-state index contributed by atoms with van der Waals surface area (Å²) in [6.45, 7) is 2.89. The summed E-state index contributed by atoms with van der Waals surface area (Å²) in [5.74, 6) is -0.575. The first-order valence-electron chi connectivity index (χ1n) is 6.39. The van der Waals surface area contributed by atoms with E-state index in [-0.39, 0.29) is 5.56 Å². The van der Waals surface area contributed by atoms with E-state index < -0.39 is 5.97 Å². The number of nitrogens with one attached hydrogen (secondary N) is 1. The van der Waals surface area contributed by atoms with Gasteiger partial charge in [-0.15, -0.1) is 0 Å². The van der Waals surface area contributed by atoms with Crippen molar-refractivity contribution in [3.63, 3.8) is 0 Å². The molecule has 1 unspecified atom stereocenters. The lowest BCUT2D eigenvalue weighted by Crippen LogP contribution is -2.10. The predicted octanol–water partition coefficient (Wildman–Crippen LogP) is 4.36. The van der Waals surface area contributed by atoms with Crippen LogP contribution in [0.15, 0.2) is 53.0 Å². The number of carboxylic acid groups (broad SMARTS) is 1. The van der Waals surface area contributed by atoms with E-state index in [1.165, 1.54) is 5.56 Å². The van der Waals surface area contributed by atoms with Gasteiger partial charge in [0.05, 0.1) is 5.56 Å². The lowest BCUT2D eigenvalue weighted by atomic mass is 10.0. The molecule has 0 amide bonds. The average molecular weight is 334 g/mol. The third-order valence-electron chi connectivity index (χ3n) is 3.13. The van der Waals surface area contributed by atoms with Crippen molar-refractivity contribution >= 4 is 27.6 Å². The van der Waals surface area contributed by atoms with Crippen LogP contribution in [0.25, 0.3) is 0 Å². The van der Waals surface area contributed by atoms with E-state index in [1.54, 1.807) is 12.1 Å². The van der Waals surface area contributed by atoms with Crippen molar-refractivity contribution in [2.75, 3.05) is 11.9 Å². The largest absolute Gasteiger partial charge is 0.478 e. The molecule has 104 valence electrons. The third kappa shape index (κ3) is 3.84. The Labute approximate surface area is 126 Å². The molecule has 20 heavy (non-hydrogen) atoms. The summed E-state index contributed by atoms with van der Waals surface area (Å²) in [5.41, 5.74) is 2.34. The van der Waals surface area contributed by atoms with Crippen LogP contribution < -0.4 is 5.32 Å². The van der Waals surface area contributed by atoms with Crippen LogP contribution >= 0.6 is 15.9 Å². The smallest absolute Gasteiger partial charge is 0.335 e. The van der Waals surface area contributed by atoms with E-state index in [4.69, 9.17) is 5.11 Å². The second-order valence-electron chi connectivity index (χ2n) is 4.73. The number of rotatable bonds is 5. The fourth-order valence-electron chi connectivity index (χ4n) is 1.99. The highest BCUT2D eigenvalue weighted by molar-refractivity contribution is 9.10. The van der Waals surface area contributed by atoms with Crippen molar-refractivity contribution in [3.8, 4) is 0 Å². The zero-order chi connectivity index (χ0) is 14.5. The van der Waals surface area contributed by atoms with E-state index in [0.717, 1.165) is 16.7 Å². The lowest BCUT2D eigenvalue weighted by Gasteiger charge is -2.14. The maximum absolute atomic E-state index is 11.0. The van der Waals surface area contributed by atoms with Gasteiger partial charge in [0.15, 0.2) is 0 Å². The molecule has 0 heterocycles. The van der Waals surface area contributed by atoms with Crippen molar-refractivity contribution in [3.05, 3.63) is 64.1 Å². The quantitative estimate of drug-likeness (QED) is 0.854. The minimum Gasteiger partial charge on any atom is -0.478 e. The highest BCUT2D eigenvalue weighted by Gasteiger charge is 2.08. The van der Waals surface area contributed by atoms with Gasteiger partial charge in [-0.3, -0.25) is 0 Å². The summed E-state index contributed by atoms with van der Waals surface area (Å²) in [7, 11) is 0. The molecule has 0 saturated heterocycles. The first-order chi connectivity index (χ1) is 9.56. The standard InChI is InChI=1S/C16H16BrNO2/c1-11(12-5-3-2-4-6-12)10-18-15-8-13(16(19)20)7-14(17)9-15/h2-9,11,18H,10H2,1H3,(H,19,20). The SMILES string of the molecule is CC(CNc1cc(Br)cc(C(=O)O)c1)c1ccccc1. The van der Waals surface area contributed by atoms with Crippen LogP contribution in [0.5, 0.6) is 0 Å². The average Bonchev–Trinajstić information content (AvgIpc) is 2.45. The van der Waals surface area contributed by atoms with Crippen LogP contribution in [-0.2, 0) is 0 Å². The van der Waals surface area contributed by atoms with E-state index in [9.17, 15) is 4.79 Å². The second-order valence-corrected chi connectivity index (χ2v) is 5.64. The number of benzene rings is 2. The highest BCUT2D eigenvalue weighted by Crippen LogP contribution is 2.21. The maximum atomic E-state index is 11.0. The molecule has 0 aromatic heterocycles. The number of hydrogen-bond donors (Lipinski definition) is 2. The first-order valence-corrected chi connectivity index (χ1v) is 7.18. The fraction of sp³-hybridized carbons (Fsp3) is 0.188. The van der Waals surface area contributed by atoms with Crippen LogP contribution in [0.3, 0.4) is 0 Å². The second kappa shape index (κ2) is 6.57. The Morgan fingerprint density at radius 1 is 1.25 bits per heavy atom. The summed E-state index contributed by atoms with van der Waals surface area (Å²) in [6, 6.07) is 15.3. The van der Waals surface area contributed by atoms with E-state index in [2.05, 4.69) is 40.3 Å². The Hall–Kier alpha value is -1.81. The monoisotopic (exact) mass is 333 g/mol.